The van der Waals surface area contributed by atoms with Crippen molar-refractivity contribution in [1.29, 1.82) is 0 Å². The van der Waals surface area contributed by atoms with Gasteiger partial charge in [-0.15, -0.1) is 12.4 Å². The van der Waals surface area contributed by atoms with Gasteiger partial charge in [-0.1, -0.05) is 70.3 Å². The van der Waals surface area contributed by atoms with Gasteiger partial charge in [-0.05, 0) is 29.7 Å². The third-order valence-corrected chi connectivity index (χ3v) is 5.10. The van der Waals surface area contributed by atoms with Crippen LogP contribution in [0.4, 0.5) is 0 Å². The molecule has 1 N–H and O–H groups in total. The molecule has 1 atom stereocenters. The van der Waals surface area contributed by atoms with Crippen molar-refractivity contribution in [3.05, 3.63) is 69.2 Å². The van der Waals surface area contributed by atoms with Crippen molar-refractivity contribution in [2.45, 2.75) is 11.9 Å². The van der Waals surface area contributed by atoms with Gasteiger partial charge >= 0.3 is 0 Å². The molecule has 1 unspecified atom stereocenters. The van der Waals surface area contributed by atoms with Gasteiger partial charge in [0.2, 0.25) is 0 Å². The van der Waals surface area contributed by atoms with E-state index in [9.17, 15) is 5.21 Å². The normalized spacial score (nSPS) is 15.0. The summed E-state index contributed by atoms with van der Waals surface area (Å²) >= 11 is 24.6. The number of hydrogen-bond donors (Lipinski definition) is 1. The second kappa shape index (κ2) is 9.71. The van der Waals surface area contributed by atoms with Crippen LogP contribution in [0.15, 0.2) is 52.7 Å². The van der Waals surface area contributed by atoms with Gasteiger partial charge in [-0.25, -0.2) is 0 Å². The predicted octanol–water partition coefficient (Wildman–Crippen LogP) is 5.42. The summed E-state index contributed by atoms with van der Waals surface area (Å²) in [4.78, 5) is 0. The molecular formula is C17H15Cl5N4O. The summed E-state index contributed by atoms with van der Waals surface area (Å²) in [5, 5.41) is 19.8. The highest BCUT2D eigenvalue weighted by Crippen LogP contribution is 2.26. The topological polar surface area (TPSA) is 51.4 Å². The molecule has 10 heteroatoms. The van der Waals surface area contributed by atoms with E-state index in [0.29, 0.717) is 22.0 Å². The summed E-state index contributed by atoms with van der Waals surface area (Å²) in [6.07, 6.45) is 1.96. The highest BCUT2D eigenvalue weighted by atomic mass is 35.5. The van der Waals surface area contributed by atoms with Gasteiger partial charge in [-0.3, -0.25) is 9.43 Å². The summed E-state index contributed by atoms with van der Waals surface area (Å²) < 4.78 is 1.35. The molecule has 0 aliphatic carbocycles. The fourth-order valence-corrected chi connectivity index (χ4v) is 3.53. The van der Waals surface area contributed by atoms with E-state index in [1.54, 1.807) is 12.1 Å². The molecule has 0 radical (unpaired) electrons. The minimum atomic E-state index is -0.790. The van der Waals surface area contributed by atoms with Gasteiger partial charge < -0.3 is 5.21 Å². The van der Waals surface area contributed by atoms with E-state index in [1.807, 2.05) is 30.3 Å². The van der Waals surface area contributed by atoms with Crippen molar-refractivity contribution in [1.82, 2.24) is 9.43 Å². The van der Waals surface area contributed by atoms with Crippen LogP contribution in [-0.2, 0) is 6.42 Å². The molecule has 0 saturated heterocycles. The smallest absolute Gasteiger partial charge is 0.168 e. The SMILES string of the molecule is Cl.ON=C(c1ccccc1Cc1ccc(Cl)cc1Cl)C(Cl)N1CN(Cl)C=N1. The summed E-state index contributed by atoms with van der Waals surface area (Å²) in [6, 6.07) is 12.8. The quantitative estimate of drug-likeness (QED) is 0.159. The van der Waals surface area contributed by atoms with Gasteiger partial charge in [0.15, 0.2) is 5.50 Å². The maximum atomic E-state index is 9.59. The van der Waals surface area contributed by atoms with Crippen LogP contribution in [0.1, 0.15) is 16.7 Å². The largest absolute Gasteiger partial charge is 0.411 e. The minimum absolute atomic E-state index is 0. The number of nitrogens with zero attached hydrogens (tertiary/aromatic N) is 4. The van der Waals surface area contributed by atoms with Crippen LogP contribution in [0.5, 0.6) is 0 Å². The Labute approximate surface area is 183 Å². The lowest BCUT2D eigenvalue weighted by Gasteiger charge is -2.22. The van der Waals surface area contributed by atoms with Crippen molar-refractivity contribution in [2.75, 3.05) is 6.67 Å². The summed E-state index contributed by atoms with van der Waals surface area (Å²) in [6.45, 7) is 0.278. The van der Waals surface area contributed by atoms with E-state index in [0.717, 1.165) is 11.1 Å². The number of hydrazone groups is 1. The van der Waals surface area contributed by atoms with E-state index in [1.165, 1.54) is 15.8 Å². The first-order valence-corrected chi connectivity index (χ1v) is 9.14. The standard InChI is InChI=1S/C17H14Cl4N4O.ClH/c18-13-6-5-12(15(19)8-13)7-11-3-1-2-4-14(11)16(23-26)17(20)25-10-24(21)9-22-25;/h1-6,8-9,17,26H,7,10H2;1H. The molecule has 0 fully saturated rings. The van der Waals surface area contributed by atoms with Crippen LogP contribution >= 0.6 is 59.0 Å². The van der Waals surface area contributed by atoms with E-state index < -0.39 is 5.50 Å². The Balaban J connectivity index is 0.00000261. The zero-order chi connectivity index (χ0) is 18.7. The summed E-state index contributed by atoms with van der Waals surface area (Å²) in [5.74, 6) is 0. The first-order valence-electron chi connectivity index (χ1n) is 7.61. The fourth-order valence-electron chi connectivity index (χ4n) is 2.63. The Morgan fingerprint density at radius 1 is 1.19 bits per heavy atom. The highest BCUT2D eigenvalue weighted by Gasteiger charge is 2.27. The van der Waals surface area contributed by atoms with Crippen molar-refractivity contribution in [2.24, 2.45) is 10.3 Å². The van der Waals surface area contributed by atoms with Crippen LogP contribution < -0.4 is 0 Å². The molecule has 144 valence electrons. The number of oxime groups is 1. The Morgan fingerprint density at radius 2 is 1.93 bits per heavy atom. The molecule has 1 heterocycles. The lowest BCUT2D eigenvalue weighted by molar-refractivity contribution is 0.279. The van der Waals surface area contributed by atoms with E-state index >= 15 is 0 Å². The Kier molecular flexibility index (Phi) is 7.89. The van der Waals surface area contributed by atoms with Gasteiger partial charge in [0.05, 0.1) is 0 Å². The molecule has 27 heavy (non-hydrogen) atoms. The lowest BCUT2D eigenvalue weighted by atomic mass is 9.96. The van der Waals surface area contributed by atoms with Crippen LogP contribution in [0.3, 0.4) is 0 Å². The lowest BCUT2D eigenvalue weighted by Crippen LogP contribution is -2.35. The summed E-state index contributed by atoms with van der Waals surface area (Å²) in [5.41, 5.74) is 1.99. The van der Waals surface area contributed by atoms with Gasteiger partial charge in [0.25, 0.3) is 0 Å². The van der Waals surface area contributed by atoms with Gasteiger partial charge in [-0.2, -0.15) is 5.10 Å². The van der Waals surface area contributed by atoms with Crippen molar-refractivity contribution < 1.29 is 5.21 Å². The van der Waals surface area contributed by atoms with E-state index in [2.05, 4.69) is 10.3 Å². The van der Waals surface area contributed by atoms with E-state index in [4.69, 9.17) is 46.6 Å². The fraction of sp³-hybridized carbons (Fsp3) is 0.176. The first kappa shape index (κ1) is 21.9. The number of hydrogen-bond acceptors (Lipinski definition) is 5. The molecule has 1 aliphatic heterocycles. The maximum Gasteiger partial charge on any atom is 0.168 e. The average molecular weight is 469 g/mol. The van der Waals surface area contributed by atoms with Crippen molar-refractivity contribution >= 4 is 71.0 Å². The molecule has 5 nitrogen and oxygen atoms in total. The first-order chi connectivity index (χ1) is 12.5. The van der Waals surface area contributed by atoms with Gasteiger partial charge in [0.1, 0.15) is 18.7 Å². The average Bonchev–Trinajstić information content (AvgIpc) is 3.06. The molecular weight excluding hydrogens is 453 g/mol. The highest BCUT2D eigenvalue weighted by molar-refractivity contribution is 6.35. The molecule has 2 aromatic carbocycles. The molecule has 3 rings (SSSR count). The number of rotatable bonds is 5. The summed E-state index contributed by atoms with van der Waals surface area (Å²) in [7, 11) is 0. The van der Waals surface area contributed by atoms with Crippen LogP contribution in [-0.4, -0.2) is 38.9 Å². The molecule has 0 spiro atoms. The Bertz CT molecular complexity index is 861. The van der Waals surface area contributed by atoms with E-state index in [-0.39, 0.29) is 24.8 Å². The van der Waals surface area contributed by atoms with Crippen LogP contribution in [0.25, 0.3) is 0 Å². The predicted molar refractivity (Wildman–Crippen MR) is 114 cm³/mol. The molecule has 0 saturated carbocycles. The zero-order valence-electron chi connectivity index (χ0n) is 13.8. The monoisotopic (exact) mass is 466 g/mol. The second-order valence-corrected chi connectivity index (χ2v) is 7.29. The molecule has 0 aromatic heterocycles. The number of benzene rings is 2. The number of alkyl halides is 1. The van der Waals surface area contributed by atoms with Crippen LogP contribution in [0.2, 0.25) is 10.0 Å². The third-order valence-electron chi connectivity index (χ3n) is 3.89. The molecule has 2 aromatic rings. The number of halogens is 5. The molecule has 0 amide bonds. The minimum Gasteiger partial charge on any atom is -0.411 e. The van der Waals surface area contributed by atoms with Crippen LogP contribution in [0, 0.1) is 0 Å². The molecule has 1 aliphatic rings. The Morgan fingerprint density at radius 3 is 2.56 bits per heavy atom. The molecule has 0 bridgehead atoms. The van der Waals surface area contributed by atoms with Gasteiger partial charge in [0, 0.05) is 27.4 Å². The van der Waals surface area contributed by atoms with Crippen molar-refractivity contribution in [3.63, 3.8) is 0 Å². The maximum absolute atomic E-state index is 9.59. The Hall–Kier alpha value is -1.37. The van der Waals surface area contributed by atoms with Crippen molar-refractivity contribution in [3.8, 4) is 0 Å². The second-order valence-electron chi connectivity index (χ2n) is 5.60. The third kappa shape index (κ3) is 5.12. The zero-order valence-corrected chi connectivity index (χ0v) is 17.6.